The van der Waals surface area contributed by atoms with Crippen LogP contribution in [0, 0.1) is 5.92 Å². The second-order valence-electron chi connectivity index (χ2n) is 5.21. The van der Waals surface area contributed by atoms with Gasteiger partial charge in [0.2, 0.25) is 0 Å². The van der Waals surface area contributed by atoms with Crippen molar-refractivity contribution >= 4 is 0 Å². The predicted molar refractivity (Wildman–Crippen MR) is 70.2 cm³/mol. The minimum absolute atomic E-state index is 0.415. The first kappa shape index (κ1) is 13.5. The van der Waals surface area contributed by atoms with E-state index in [0.29, 0.717) is 12.5 Å². The van der Waals surface area contributed by atoms with Gasteiger partial charge in [0.05, 0.1) is 19.8 Å². The van der Waals surface area contributed by atoms with E-state index in [1.807, 2.05) is 32.0 Å². The van der Waals surface area contributed by atoms with E-state index in [2.05, 4.69) is 12.1 Å². The van der Waals surface area contributed by atoms with Gasteiger partial charge in [-0.25, -0.2) is 0 Å². The van der Waals surface area contributed by atoms with Gasteiger partial charge in [0.15, 0.2) is 5.79 Å². The van der Waals surface area contributed by atoms with Crippen LogP contribution in [0.15, 0.2) is 30.3 Å². The SMILES string of the molecule is CC1(C)OCC(CCOCc2ccccc2)CO1. The molecule has 3 nitrogen and oxygen atoms in total. The standard InChI is InChI=1S/C15H22O3/c1-15(2)17-11-14(12-18-15)8-9-16-10-13-6-4-3-5-7-13/h3-7,14H,8-12H2,1-2H3. The molecule has 0 N–H and O–H groups in total. The van der Waals surface area contributed by atoms with E-state index in [-0.39, 0.29) is 0 Å². The van der Waals surface area contributed by atoms with Crippen molar-refractivity contribution < 1.29 is 14.2 Å². The van der Waals surface area contributed by atoms with Crippen LogP contribution in [-0.4, -0.2) is 25.6 Å². The van der Waals surface area contributed by atoms with Crippen molar-refractivity contribution in [1.29, 1.82) is 0 Å². The van der Waals surface area contributed by atoms with Gasteiger partial charge in [0.1, 0.15) is 0 Å². The Balaban J connectivity index is 1.59. The minimum atomic E-state index is -0.415. The van der Waals surface area contributed by atoms with E-state index >= 15 is 0 Å². The molecule has 3 heteroatoms. The zero-order valence-corrected chi connectivity index (χ0v) is 11.2. The Morgan fingerprint density at radius 2 is 1.83 bits per heavy atom. The van der Waals surface area contributed by atoms with Crippen molar-refractivity contribution in [1.82, 2.24) is 0 Å². The summed E-state index contributed by atoms with van der Waals surface area (Å²) in [5.41, 5.74) is 1.22. The predicted octanol–water partition coefficient (Wildman–Crippen LogP) is 2.99. The third-order valence-corrected chi connectivity index (χ3v) is 3.12. The zero-order valence-electron chi connectivity index (χ0n) is 11.2. The zero-order chi connectivity index (χ0) is 12.8. The molecule has 100 valence electrons. The average molecular weight is 250 g/mol. The summed E-state index contributed by atoms with van der Waals surface area (Å²) in [4.78, 5) is 0. The Hall–Kier alpha value is -0.900. The number of benzene rings is 1. The maximum absolute atomic E-state index is 5.66. The molecule has 1 aliphatic heterocycles. The van der Waals surface area contributed by atoms with Crippen molar-refractivity contribution in [2.75, 3.05) is 19.8 Å². The first-order valence-corrected chi connectivity index (χ1v) is 6.55. The van der Waals surface area contributed by atoms with E-state index in [0.717, 1.165) is 26.2 Å². The Bertz CT molecular complexity index is 338. The first-order chi connectivity index (χ1) is 8.66. The molecule has 0 radical (unpaired) electrons. The summed E-state index contributed by atoms with van der Waals surface area (Å²) in [7, 11) is 0. The summed E-state index contributed by atoms with van der Waals surface area (Å²) in [5.74, 6) is 0.0373. The largest absolute Gasteiger partial charge is 0.377 e. The van der Waals surface area contributed by atoms with Crippen LogP contribution in [0.5, 0.6) is 0 Å². The molecule has 0 amide bonds. The smallest absolute Gasteiger partial charge is 0.162 e. The molecule has 2 rings (SSSR count). The van der Waals surface area contributed by atoms with Gasteiger partial charge in [-0.3, -0.25) is 0 Å². The molecule has 0 unspecified atom stereocenters. The lowest BCUT2D eigenvalue weighted by Gasteiger charge is -2.34. The fraction of sp³-hybridized carbons (Fsp3) is 0.600. The number of hydrogen-bond donors (Lipinski definition) is 0. The van der Waals surface area contributed by atoms with Gasteiger partial charge in [-0.15, -0.1) is 0 Å². The van der Waals surface area contributed by atoms with Gasteiger partial charge in [-0.1, -0.05) is 30.3 Å². The highest BCUT2D eigenvalue weighted by Crippen LogP contribution is 2.22. The summed E-state index contributed by atoms with van der Waals surface area (Å²) < 4.78 is 16.9. The molecular weight excluding hydrogens is 228 g/mol. The van der Waals surface area contributed by atoms with Crippen molar-refractivity contribution in [3.63, 3.8) is 0 Å². The summed E-state index contributed by atoms with van der Waals surface area (Å²) in [6.07, 6.45) is 0.989. The molecule has 0 aliphatic carbocycles. The maximum Gasteiger partial charge on any atom is 0.162 e. The first-order valence-electron chi connectivity index (χ1n) is 6.55. The van der Waals surface area contributed by atoms with Crippen LogP contribution < -0.4 is 0 Å². The Labute approximate surface area is 109 Å². The lowest BCUT2D eigenvalue weighted by molar-refractivity contribution is -0.263. The minimum Gasteiger partial charge on any atom is -0.377 e. The van der Waals surface area contributed by atoms with E-state index in [9.17, 15) is 0 Å². The Kier molecular flexibility index (Phi) is 4.75. The van der Waals surface area contributed by atoms with Gasteiger partial charge in [-0.05, 0) is 25.8 Å². The molecule has 0 bridgehead atoms. The van der Waals surface area contributed by atoms with Crippen LogP contribution in [-0.2, 0) is 20.8 Å². The van der Waals surface area contributed by atoms with Crippen LogP contribution in [0.1, 0.15) is 25.8 Å². The van der Waals surface area contributed by atoms with Gasteiger partial charge < -0.3 is 14.2 Å². The molecule has 0 saturated carbocycles. The van der Waals surface area contributed by atoms with E-state index < -0.39 is 5.79 Å². The highest BCUT2D eigenvalue weighted by atomic mass is 16.7. The van der Waals surface area contributed by atoms with Crippen molar-refractivity contribution in [3.05, 3.63) is 35.9 Å². The fourth-order valence-electron chi connectivity index (χ4n) is 1.91. The molecule has 0 spiro atoms. The molecule has 0 atom stereocenters. The summed E-state index contributed by atoms with van der Waals surface area (Å²) in [6.45, 7) is 6.88. The molecule has 1 aromatic rings. The average Bonchev–Trinajstić information content (AvgIpc) is 2.37. The van der Waals surface area contributed by atoms with Gasteiger partial charge in [-0.2, -0.15) is 0 Å². The van der Waals surface area contributed by atoms with Gasteiger partial charge in [0.25, 0.3) is 0 Å². The maximum atomic E-state index is 5.66. The normalized spacial score (nSPS) is 19.9. The summed E-state index contributed by atoms with van der Waals surface area (Å²) in [5, 5.41) is 0. The quantitative estimate of drug-likeness (QED) is 0.752. The fourth-order valence-corrected chi connectivity index (χ4v) is 1.91. The van der Waals surface area contributed by atoms with Crippen LogP contribution in [0.2, 0.25) is 0 Å². The van der Waals surface area contributed by atoms with E-state index in [1.165, 1.54) is 5.56 Å². The van der Waals surface area contributed by atoms with Crippen LogP contribution in [0.25, 0.3) is 0 Å². The lowest BCUT2D eigenvalue weighted by Crippen LogP contribution is -2.39. The van der Waals surface area contributed by atoms with Crippen molar-refractivity contribution in [2.24, 2.45) is 5.92 Å². The monoisotopic (exact) mass is 250 g/mol. The van der Waals surface area contributed by atoms with Crippen molar-refractivity contribution in [3.8, 4) is 0 Å². The van der Waals surface area contributed by atoms with Crippen LogP contribution >= 0.6 is 0 Å². The molecular formula is C15H22O3. The number of ether oxygens (including phenoxy) is 3. The topological polar surface area (TPSA) is 27.7 Å². The van der Waals surface area contributed by atoms with Crippen LogP contribution in [0.3, 0.4) is 0 Å². The number of rotatable bonds is 5. The van der Waals surface area contributed by atoms with E-state index in [4.69, 9.17) is 14.2 Å². The molecule has 0 aromatic heterocycles. The molecule has 1 aliphatic rings. The molecule has 1 fully saturated rings. The lowest BCUT2D eigenvalue weighted by atomic mass is 10.1. The second kappa shape index (κ2) is 6.32. The van der Waals surface area contributed by atoms with Gasteiger partial charge in [0, 0.05) is 12.5 Å². The molecule has 1 saturated heterocycles. The third-order valence-electron chi connectivity index (χ3n) is 3.12. The third kappa shape index (κ3) is 4.41. The Morgan fingerprint density at radius 1 is 1.17 bits per heavy atom. The Morgan fingerprint density at radius 3 is 2.50 bits per heavy atom. The van der Waals surface area contributed by atoms with E-state index in [1.54, 1.807) is 0 Å². The molecule has 1 aromatic carbocycles. The molecule has 18 heavy (non-hydrogen) atoms. The molecule has 1 heterocycles. The number of hydrogen-bond acceptors (Lipinski definition) is 3. The highest BCUT2D eigenvalue weighted by molar-refractivity contribution is 5.13. The van der Waals surface area contributed by atoms with Crippen molar-refractivity contribution in [2.45, 2.75) is 32.7 Å². The van der Waals surface area contributed by atoms with Gasteiger partial charge >= 0.3 is 0 Å². The summed E-state index contributed by atoms with van der Waals surface area (Å²) >= 11 is 0. The van der Waals surface area contributed by atoms with Crippen LogP contribution in [0.4, 0.5) is 0 Å². The second-order valence-corrected chi connectivity index (χ2v) is 5.21. The summed E-state index contributed by atoms with van der Waals surface area (Å²) in [6, 6.07) is 10.2. The highest BCUT2D eigenvalue weighted by Gasteiger charge is 2.27.